The number of rotatable bonds is 7. The fourth-order valence-electron chi connectivity index (χ4n) is 4.26. The van der Waals surface area contributed by atoms with Crippen LogP contribution in [-0.4, -0.2) is 36.2 Å². The number of nitrogens with zero attached hydrogens (tertiary/aromatic N) is 1. The maximum absolute atomic E-state index is 9.92. The average molecular weight is 480 g/mol. The molecule has 0 aliphatic carbocycles. The number of hydrogen-bond acceptors (Lipinski definition) is 5. The maximum atomic E-state index is 9.92. The third kappa shape index (κ3) is 5.11. The van der Waals surface area contributed by atoms with Gasteiger partial charge in [0.2, 0.25) is 0 Å². The van der Waals surface area contributed by atoms with Crippen molar-refractivity contribution in [1.82, 2.24) is 4.90 Å². The molecule has 0 radical (unpaired) electrons. The van der Waals surface area contributed by atoms with E-state index in [9.17, 15) is 5.11 Å². The Kier molecular flexibility index (Phi) is 6.72. The first-order valence-electron chi connectivity index (χ1n) is 11.3. The van der Waals surface area contributed by atoms with Crippen molar-refractivity contribution >= 4 is 33.7 Å². The number of halogens is 1. The minimum atomic E-state index is 0.224. The zero-order valence-corrected chi connectivity index (χ0v) is 19.9. The second-order valence-electron chi connectivity index (χ2n) is 8.27. The van der Waals surface area contributed by atoms with Gasteiger partial charge in [0, 0.05) is 17.5 Å². The SMILES string of the molecule is Oc1ccc2c(Oc3ccc(OCCN4CCCCC4)cc3)c(-c3sccc3Cl)ccc2c1. The summed E-state index contributed by atoms with van der Waals surface area (Å²) in [6.07, 6.45) is 3.92. The fraction of sp³-hybridized carbons (Fsp3) is 0.259. The molecule has 0 amide bonds. The van der Waals surface area contributed by atoms with Gasteiger partial charge >= 0.3 is 0 Å². The van der Waals surface area contributed by atoms with Crippen molar-refractivity contribution in [3.63, 3.8) is 0 Å². The van der Waals surface area contributed by atoms with Crippen LogP contribution in [0.3, 0.4) is 0 Å². The van der Waals surface area contributed by atoms with Gasteiger partial charge in [-0.15, -0.1) is 11.3 Å². The fourth-order valence-corrected chi connectivity index (χ4v) is 5.44. The van der Waals surface area contributed by atoms with Gasteiger partial charge in [0.05, 0.1) is 9.90 Å². The molecule has 6 heteroatoms. The summed E-state index contributed by atoms with van der Waals surface area (Å²) in [4.78, 5) is 3.43. The number of aromatic hydroxyl groups is 1. The Morgan fingerprint density at radius 3 is 2.45 bits per heavy atom. The standard InChI is InChI=1S/C27H26ClNO3S/c28-25-12-17-33-27(25)24-10-4-19-18-20(30)5-11-23(19)26(24)32-22-8-6-21(7-9-22)31-16-15-29-13-2-1-3-14-29/h4-12,17-18,30H,1-3,13-16H2. The zero-order valence-electron chi connectivity index (χ0n) is 18.3. The molecule has 33 heavy (non-hydrogen) atoms. The van der Waals surface area contributed by atoms with E-state index < -0.39 is 0 Å². The summed E-state index contributed by atoms with van der Waals surface area (Å²) in [5.41, 5.74) is 0.926. The first-order valence-corrected chi connectivity index (χ1v) is 12.6. The van der Waals surface area contributed by atoms with Crippen molar-refractivity contribution in [3.05, 3.63) is 71.1 Å². The topological polar surface area (TPSA) is 41.9 Å². The maximum Gasteiger partial charge on any atom is 0.143 e. The number of thiophene rings is 1. The van der Waals surface area contributed by atoms with E-state index >= 15 is 0 Å². The van der Waals surface area contributed by atoms with Gasteiger partial charge in [-0.1, -0.05) is 24.1 Å². The lowest BCUT2D eigenvalue weighted by atomic mass is 10.0. The first-order chi connectivity index (χ1) is 16.2. The molecular formula is C27H26ClNO3S. The summed E-state index contributed by atoms with van der Waals surface area (Å²) >= 11 is 8.02. The molecule has 1 saturated heterocycles. The molecule has 0 unspecified atom stereocenters. The minimum Gasteiger partial charge on any atom is -0.508 e. The second kappa shape index (κ2) is 10.0. The highest BCUT2D eigenvalue weighted by molar-refractivity contribution is 7.14. The highest BCUT2D eigenvalue weighted by Gasteiger charge is 2.16. The Bertz CT molecular complexity index is 1230. The van der Waals surface area contributed by atoms with Gasteiger partial charge in [-0.3, -0.25) is 4.90 Å². The van der Waals surface area contributed by atoms with Crippen molar-refractivity contribution < 1.29 is 14.6 Å². The Morgan fingerprint density at radius 2 is 1.70 bits per heavy atom. The second-order valence-corrected chi connectivity index (χ2v) is 9.59. The molecule has 1 aliphatic rings. The minimum absolute atomic E-state index is 0.224. The van der Waals surface area contributed by atoms with Gasteiger partial charge in [0.1, 0.15) is 29.6 Å². The summed E-state index contributed by atoms with van der Waals surface area (Å²) < 4.78 is 12.4. The van der Waals surface area contributed by atoms with Crippen LogP contribution in [0.2, 0.25) is 5.02 Å². The van der Waals surface area contributed by atoms with E-state index in [-0.39, 0.29) is 5.75 Å². The van der Waals surface area contributed by atoms with Crippen molar-refractivity contribution in [2.24, 2.45) is 0 Å². The van der Waals surface area contributed by atoms with Gasteiger partial charge in [0.25, 0.3) is 0 Å². The van der Waals surface area contributed by atoms with E-state index in [2.05, 4.69) is 4.90 Å². The Labute approximate surface area is 203 Å². The molecule has 170 valence electrons. The number of likely N-dealkylation sites (tertiary alicyclic amines) is 1. The third-order valence-electron chi connectivity index (χ3n) is 5.98. The van der Waals surface area contributed by atoms with Crippen LogP contribution in [0.25, 0.3) is 21.2 Å². The molecule has 0 atom stereocenters. The molecule has 1 fully saturated rings. The normalized spacial score (nSPS) is 14.5. The summed E-state index contributed by atoms with van der Waals surface area (Å²) in [6.45, 7) is 4.01. The predicted molar refractivity (Wildman–Crippen MR) is 136 cm³/mol. The van der Waals surface area contributed by atoms with Crippen LogP contribution < -0.4 is 9.47 Å². The lowest BCUT2D eigenvalue weighted by Gasteiger charge is -2.26. The summed E-state index contributed by atoms with van der Waals surface area (Å²) in [7, 11) is 0. The number of phenolic OH excluding ortho intramolecular Hbond substituents is 1. The van der Waals surface area contributed by atoms with E-state index in [1.165, 1.54) is 32.4 Å². The number of benzene rings is 3. The molecular weight excluding hydrogens is 454 g/mol. The Morgan fingerprint density at radius 1 is 0.909 bits per heavy atom. The highest BCUT2D eigenvalue weighted by atomic mass is 35.5. The van der Waals surface area contributed by atoms with Crippen molar-refractivity contribution in [2.45, 2.75) is 19.3 Å². The van der Waals surface area contributed by atoms with Crippen LogP contribution in [0.1, 0.15) is 19.3 Å². The molecule has 0 bridgehead atoms. The molecule has 4 aromatic rings. The van der Waals surface area contributed by atoms with Gasteiger partial charge in [0.15, 0.2) is 0 Å². The Balaban J connectivity index is 1.36. The molecule has 0 saturated carbocycles. The van der Waals surface area contributed by atoms with Crippen LogP contribution >= 0.6 is 22.9 Å². The quantitative estimate of drug-likeness (QED) is 0.296. The van der Waals surface area contributed by atoms with E-state index in [1.54, 1.807) is 23.5 Å². The molecule has 1 aliphatic heterocycles. The van der Waals surface area contributed by atoms with E-state index in [0.29, 0.717) is 17.4 Å². The summed E-state index contributed by atoms with van der Waals surface area (Å²) in [5.74, 6) is 2.49. The number of piperidine rings is 1. The van der Waals surface area contributed by atoms with E-state index in [4.69, 9.17) is 21.1 Å². The molecule has 4 nitrogen and oxygen atoms in total. The largest absolute Gasteiger partial charge is 0.508 e. The molecule has 1 N–H and O–H groups in total. The number of ether oxygens (including phenoxy) is 2. The number of fused-ring (bicyclic) bond motifs is 1. The van der Waals surface area contributed by atoms with E-state index in [0.717, 1.165) is 39.3 Å². The van der Waals surface area contributed by atoms with Crippen LogP contribution in [0.5, 0.6) is 23.0 Å². The molecule has 0 spiro atoms. The number of hydrogen-bond donors (Lipinski definition) is 1. The van der Waals surface area contributed by atoms with Gasteiger partial charge < -0.3 is 14.6 Å². The van der Waals surface area contributed by atoms with Crippen molar-refractivity contribution in [1.29, 1.82) is 0 Å². The number of phenols is 1. The first kappa shape index (κ1) is 22.1. The smallest absolute Gasteiger partial charge is 0.143 e. The van der Waals surface area contributed by atoms with Crippen LogP contribution in [0.15, 0.2) is 66.0 Å². The van der Waals surface area contributed by atoms with Crippen molar-refractivity contribution in [2.75, 3.05) is 26.2 Å². The lowest BCUT2D eigenvalue weighted by Crippen LogP contribution is -2.33. The van der Waals surface area contributed by atoms with Gasteiger partial charge in [-0.05, 0) is 91.3 Å². The zero-order chi connectivity index (χ0) is 22.6. The van der Waals surface area contributed by atoms with Gasteiger partial charge in [-0.25, -0.2) is 0 Å². The predicted octanol–water partition coefficient (Wildman–Crippen LogP) is 7.58. The molecule has 2 heterocycles. The lowest BCUT2D eigenvalue weighted by molar-refractivity contribution is 0.183. The average Bonchev–Trinajstić information content (AvgIpc) is 3.26. The van der Waals surface area contributed by atoms with Crippen LogP contribution in [-0.2, 0) is 0 Å². The molecule has 1 aromatic heterocycles. The van der Waals surface area contributed by atoms with Crippen LogP contribution in [0.4, 0.5) is 0 Å². The monoisotopic (exact) mass is 479 g/mol. The van der Waals surface area contributed by atoms with E-state index in [1.807, 2.05) is 53.9 Å². The summed E-state index contributed by atoms with van der Waals surface area (Å²) in [5, 5.41) is 14.4. The molecule has 5 rings (SSSR count). The van der Waals surface area contributed by atoms with Gasteiger partial charge in [-0.2, -0.15) is 0 Å². The molecule has 3 aromatic carbocycles. The highest BCUT2D eigenvalue weighted by Crippen LogP contribution is 2.44. The van der Waals surface area contributed by atoms with Crippen LogP contribution in [0, 0.1) is 0 Å². The Hall–Kier alpha value is -2.73. The summed E-state index contributed by atoms with van der Waals surface area (Å²) in [6, 6.07) is 18.9. The van der Waals surface area contributed by atoms with Crippen molar-refractivity contribution in [3.8, 4) is 33.4 Å². The third-order valence-corrected chi connectivity index (χ3v) is 7.36.